The van der Waals surface area contributed by atoms with Gasteiger partial charge in [0, 0.05) is 11.6 Å². The standard InChI is InChI=1S/C12H26N2O2/c1-8(2)10(7-15)13-9(3)11(16)14-12(4,5)6/h8-10,13,15H,7H2,1-6H3,(H,14,16). The Labute approximate surface area is 98.8 Å². The smallest absolute Gasteiger partial charge is 0.237 e. The largest absolute Gasteiger partial charge is 0.395 e. The zero-order valence-corrected chi connectivity index (χ0v) is 11.3. The molecule has 0 fully saturated rings. The highest BCUT2D eigenvalue weighted by Gasteiger charge is 2.22. The van der Waals surface area contributed by atoms with E-state index in [1.54, 1.807) is 0 Å². The number of amides is 1. The van der Waals surface area contributed by atoms with Gasteiger partial charge in [0.2, 0.25) is 5.91 Å². The van der Waals surface area contributed by atoms with Gasteiger partial charge in [0.15, 0.2) is 0 Å². The summed E-state index contributed by atoms with van der Waals surface area (Å²) in [4.78, 5) is 11.8. The number of nitrogens with one attached hydrogen (secondary N) is 2. The van der Waals surface area contributed by atoms with Crippen molar-refractivity contribution in [2.75, 3.05) is 6.61 Å². The normalized spacial score (nSPS) is 16.0. The summed E-state index contributed by atoms with van der Waals surface area (Å²) in [5.74, 6) is 0.265. The summed E-state index contributed by atoms with van der Waals surface area (Å²) in [6.45, 7) is 11.7. The zero-order chi connectivity index (χ0) is 12.9. The molecule has 0 aliphatic rings. The van der Waals surface area contributed by atoms with Gasteiger partial charge in [-0.2, -0.15) is 0 Å². The van der Waals surface area contributed by atoms with Gasteiger partial charge in [-0.15, -0.1) is 0 Å². The number of rotatable bonds is 5. The molecule has 0 aromatic heterocycles. The third kappa shape index (κ3) is 6.08. The Morgan fingerprint density at radius 2 is 1.75 bits per heavy atom. The average Bonchev–Trinajstić information content (AvgIpc) is 2.10. The van der Waals surface area contributed by atoms with Crippen molar-refractivity contribution in [2.24, 2.45) is 5.92 Å². The van der Waals surface area contributed by atoms with Crippen LogP contribution in [0.1, 0.15) is 41.5 Å². The minimum atomic E-state index is -0.293. The molecule has 0 radical (unpaired) electrons. The Bertz CT molecular complexity index is 222. The van der Waals surface area contributed by atoms with Gasteiger partial charge in [0.05, 0.1) is 12.6 Å². The molecule has 0 bridgehead atoms. The van der Waals surface area contributed by atoms with Crippen LogP contribution in [0.25, 0.3) is 0 Å². The summed E-state index contributed by atoms with van der Waals surface area (Å²) in [5.41, 5.74) is -0.223. The van der Waals surface area contributed by atoms with Crippen LogP contribution in [-0.4, -0.2) is 35.2 Å². The lowest BCUT2D eigenvalue weighted by molar-refractivity contribution is -0.124. The predicted octanol–water partition coefficient (Wildman–Crippen LogP) is 0.896. The molecule has 2 unspecified atom stereocenters. The lowest BCUT2D eigenvalue weighted by Crippen LogP contribution is -2.53. The molecule has 0 aromatic carbocycles. The average molecular weight is 230 g/mol. The number of aliphatic hydroxyl groups excluding tert-OH is 1. The van der Waals surface area contributed by atoms with Gasteiger partial charge in [-0.05, 0) is 33.6 Å². The van der Waals surface area contributed by atoms with Crippen molar-refractivity contribution < 1.29 is 9.90 Å². The second-order valence-corrected chi connectivity index (χ2v) is 5.66. The van der Waals surface area contributed by atoms with E-state index < -0.39 is 0 Å². The van der Waals surface area contributed by atoms with Crippen molar-refractivity contribution in [3.05, 3.63) is 0 Å². The summed E-state index contributed by atoms with van der Waals surface area (Å²) < 4.78 is 0. The maximum Gasteiger partial charge on any atom is 0.237 e. The Hall–Kier alpha value is -0.610. The number of carbonyl (C=O) groups is 1. The monoisotopic (exact) mass is 230 g/mol. The molecule has 1 amide bonds. The second kappa shape index (κ2) is 6.21. The summed E-state index contributed by atoms with van der Waals surface area (Å²) in [7, 11) is 0. The SMILES string of the molecule is CC(NC(CO)C(C)C)C(=O)NC(C)(C)C. The summed E-state index contributed by atoms with van der Waals surface area (Å²) >= 11 is 0. The maximum absolute atomic E-state index is 11.8. The quantitative estimate of drug-likeness (QED) is 0.657. The van der Waals surface area contributed by atoms with E-state index in [0.717, 1.165) is 0 Å². The zero-order valence-electron chi connectivity index (χ0n) is 11.3. The van der Waals surface area contributed by atoms with Crippen molar-refractivity contribution in [1.82, 2.24) is 10.6 Å². The van der Waals surface area contributed by atoms with Gasteiger partial charge in [-0.3, -0.25) is 4.79 Å². The highest BCUT2D eigenvalue weighted by atomic mass is 16.3. The van der Waals surface area contributed by atoms with Gasteiger partial charge in [-0.25, -0.2) is 0 Å². The van der Waals surface area contributed by atoms with Crippen LogP contribution in [0.4, 0.5) is 0 Å². The Morgan fingerprint density at radius 3 is 2.06 bits per heavy atom. The molecule has 0 heterocycles. The van der Waals surface area contributed by atoms with Crippen LogP contribution in [0.3, 0.4) is 0 Å². The molecule has 16 heavy (non-hydrogen) atoms. The Kier molecular flexibility index (Phi) is 5.97. The Morgan fingerprint density at radius 1 is 1.25 bits per heavy atom. The first kappa shape index (κ1) is 15.4. The molecule has 0 saturated heterocycles. The molecule has 0 aromatic rings. The lowest BCUT2D eigenvalue weighted by atomic mass is 10.0. The van der Waals surface area contributed by atoms with Crippen LogP contribution in [0.2, 0.25) is 0 Å². The molecule has 3 N–H and O–H groups in total. The fourth-order valence-electron chi connectivity index (χ4n) is 1.33. The van der Waals surface area contributed by atoms with E-state index in [9.17, 15) is 4.79 Å². The third-order valence-electron chi connectivity index (χ3n) is 2.36. The molecular weight excluding hydrogens is 204 g/mol. The van der Waals surface area contributed by atoms with Crippen molar-refractivity contribution in [2.45, 2.75) is 59.2 Å². The summed E-state index contributed by atoms with van der Waals surface area (Å²) in [6.07, 6.45) is 0. The molecule has 0 spiro atoms. The van der Waals surface area contributed by atoms with Crippen LogP contribution < -0.4 is 10.6 Å². The minimum Gasteiger partial charge on any atom is -0.395 e. The van der Waals surface area contributed by atoms with E-state index in [1.165, 1.54) is 0 Å². The minimum absolute atomic E-state index is 0.0356. The lowest BCUT2D eigenvalue weighted by Gasteiger charge is -2.27. The van der Waals surface area contributed by atoms with E-state index in [0.29, 0.717) is 5.92 Å². The van der Waals surface area contributed by atoms with Crippen LogP contribution in [-0.2, 0) is 4.79 Å². The first-order valence-electron chi connectivity index (χ1n) is 5.86. The molecule has 0 aliphatic heterocycles. The van der Waals surface area contributed by atoms with Gasteiger partial charge >= 0.3 is 0 Å². The van der Waals surface area contributed by atoms with Crippen molar-refractivity contribution >= 4 is 5.91 Å². The van der Waals surface area contributed by atoms with E-state index >= 15 is 0 Å². The first-order chi connectivity index (χ1) is 7.17. The fourth-order valence-corrected chi connectivity index (χ4v) is 1.33. The second-order valence-electron chi connectivity index (χ2n) is 5.66. The van der Waals surface area contributed by atoms with Gasteiger partial charge in [0.25, 0.3) is 0 Å². The van der Waals surface area contributed by atoms with Gasteiger partial charge < -0.3 is 15.7 Å². The van der Waals surface area contributed by atoms with Crippen molar-refractivity contribution in [3.8, 4) is 0 Å². The van der Waals surface area contributed by atoms with E-state index in [-0.39, 0.29) is 30.1 Å². The third-order valence-corrected chi connectivity index (χ3v) is 2.36. The van der Waals surface area contributed by atoms with Crippen LogP contribution >= 0.6 is 0 Å². The molecule has 4 heteroatoms. The number of aliphatic hydroxyl groups is 1. The highest BCUT2D eigenvalue weighted by molar-refractivity contribution is 5.81. The molecule has 0 rings (SSSR count). The van der Waals surface area contributed by atoms with E-state index in [2.05, 4.69) is 10.6 Å². The molecule has 96 valence electrons. The van der Waals surface area contributed by atoms with Crippen LogP contribution in [0, 0.1) is 5.92 Å². The van der Waals surface area contributed by atoms with Crippen molar-refractivity contribution in [3.63, 3.8) is 0 Å². The number of hydrogen-bond acceptors (Lipinski definition) is 3. The molecule has 4 nitrogen and oxygen atoms in total. The number of hydrogen-bond donors (Lipinski definition) is 3. The number of carbonyl (C=O) groups excluding carboxylic acids is 1. The van der Waals surface area contributed by atoms with Crippen LogP contribution in [0.15, 0.2) is 0 Å². The molecular formula is C12H26N2O2. The van der Waals surface area contributed by atoms with Gasteiger partial charge in [-0.1, -0.05) is 13.8 Å². The summed E-state index contributed by atoms with van der Waals surface area (Å²) in [5, 5.41) is 15.2. The van der Waals surface area contributed by atoms with E-state index in [4.69, 9.17) is 5.11 Å². The van der Waals surface area contributed by atoms with E-state index in [1.807, 2.05) is 41.5 Å². The molecule has 0 aliphatic carbocycles. The molecule has 0 saturated carbocycles. The van der Waals surface area contributed by atoms with Crippen molar-refractivity contribution in [1.29, 1.82) is 0 Å². The maximum atomic E-state index is 11.8. The predicted molar refractivity (Wildman–Crippen MR) is 66.2 cm³/mol. The highest BCUT2D eigenvalue weighted by Crippen LogP contribution is 2.03. The fraction of sp³-hybridized carbons (Fsp3) is 0.917. The first-order valence-corrected chi connectivity index (χ1v) is 5.86. The summed E-state index contributed by atoms with van der Waals surface area (Å²) in [6, 6.07) is -0.334. The Balaban J connectivity index is 4.24. The van der Waals surface area contributed by atoms with Gasteiger partial charge in [0.1, 0.15) is 0 Å². The topological polar surface area (TPSA) is 61.4 Å². The molecule has 2 atom stereocenters. The van der Waals surface area contributed by atoms with Crippen LogP contribution in [0.5, 0.6) is 0 Å².